The van der Waals surface area contributed by atoms with E-state index < -0.39 is 22.2 Å². The Kier molecular flexibility index (Phi) is 7.37. The van der Waals surface area contributed by atoms with Gasteiger partial charge in [0.2, 0.25) is 5.91 Å². The molecule has 0 bridgehead atoms. The van der Waals surface area contributed by atoms with Crippen LogP contribution in [0, 0.1) is 5.82 Å². The summed E-state index contributed by atoms with van der Waals surface area (Å²) in [5.74, 6) is -0.547. The number of thiazole rings is 1. The number of nitrogens with one attached hydrogen (secondary N) is 1. The van der Waals surface area contributed by atoms with E-state index in [4.69, 9.17) is 5.14 Å². The van der Waals surface area contributed by atoms with Crippen LogP contribution in [0.5, 0.6) is 5.75 Å². The highest BCUT2D eigenvalue weighted by Gasteiger charge is 2.19. The summed E-state index contributed by atoms with van der Waals surface area (Å²) in [7, 11) is -4.10. The van der Waals surface area contributed by atoms with Gasteiger partial charge in [-0.3, -0.25) is 4.79 Å². The van der Waals surface area contributed by atoms with Crippen LogP contribution in [0.15, 0.2) is 53.9 Å². The number of amides is 1. The maximum absolute atomic E-state index is 13.4. The zero-order chi connectivity index (χ0) is 22.4. The number of nitrogens with two attached hydrogens (primary N) is 1. The van der Waals surface area contributed by atoms with Crippen molar-refractivity contribution >= 4 is 27.5 Å². The molecule has 0 aliphatic carbocycles. The Morgan fingerprint density at radius 2 is 1.97 bits per heavy atom. The van der Waals surface area contributed by atoms with Crippen molar-refractivity contribution < 1.29 is 21.8 Å². The molecule has 7 nitrogen and oxygen atoms in total. The third-order valence-electron chi connectivity index (χ3n) is 4.39. The predicted octanol–water partition coefficient (Wildman–Crippen LogP) is 3.07. The first kappa shape index (κ1) is 22.9. The fourth-order valence-corrected chi connectivity index (χ4v) is 4.31. The molecule has 1 aromatic heterocycles. The van der Waals surface area contributed by atoms with E-state index in [1.807, 2.05) is 12.3 Å². The molecule has 1 amide bonds. The molecule has 1 unspecified atom stereocenters. The van der Waals surface area contributed by atoms with Crippen LogP contribution in [0.25, 0.3) is 0 Å². The molecular formula is C21H22FN3O4S2. The zero-order valence-corrected chi connectivity index (χ0v) is 18.4. The van der Waals surface area contributed by atoms with Gasteiger partial charge in [0.05, 0.1) is 18.2 Å². The van der Waals surface area contributed by atoms with Gasteiger partial charge in [0, 0.05) is 5.38 Å². The van der Waals surface area contributed by atoms with Crippen LogP contribution in [-0.4, -0.2) is 19.3 Å². The summed E-state index contributed by atoms with van der Waals surface area (Å²) >= 11 is 1.46. The number of halogens is 1. The summed E-state index contributed by atoms with van der Waals surface area (Å²) in [5, 5.41) is 10.6. The minimum atomic E-state index is -4.10. The van der Waals surface area contributed by atoms with Gasteiger partial charge in [0.1, 0.15) is 16.6 Å². The van der Waals surface area contributed by atoms with Crippen molar-refractivity contribution in [3.63, 3.8) is 0 Å². The van der Waals surface area contributed by atoms with Gasteiger partial charge in [-0.15, -0.1) is 11.3 Å². The second-order valence-electron chi connectivity index (χ2n) is 6.88. The quantitative estimate of drug-likeness (QED) is 0.507. The third-order valence-corrected chi connectivity index (χ3v) is 5.83. The zero-order valence-electron chi connectivity index (χ0n) is 16.7. The average molecular weight is 464 g/mol. The number of carbonyl (C=O) groups is 1. The van der Waals surface area contributed by atoms with Crippen molar-refractivity contribution in [2.75, 3.05) is 0 Å². The lowest BCUT2D eigenvalue weighted by molar-refractivity contribution is -0.121. The lowest BCUT2D eigenvalue weighted by atomic mass is 10.1. The van der Waals surface area contributed by atoms with Crippen LogP contribution in [0.2, 0.25) is 0 Å². The van der Waals surface area contributed by atoms with E-state index in [0.717, 1.165) is 22.7 Å². The van der Waals surface area contributed by atoms with Gasteiger partial charge < -0.3 is 9.50 Å². The molecule has 0 fully saturated rings. The Bertz CT molecular complexity index is 1150. The summed E-state index contributed by atoms with van der Waals surface area (Å²) in [6, 6.07) is 11.9. The molecule has 164 valence electrons. The SMILES string of the molecule is CCc1csc(C(Cc2ccc(OS(N)(=O)=O)cc2)NC(=O)Cc2cccc(F)c2)n1. The van der Waals surface area contributed by atoms with Crippen molar-refractivity contribution in [1.29, 1.82) is 0 Å². The highest BCUT2D eigenvalue weighted by Crippen LogP contribution is 2.24. The molecule has 0 aliphatic heterocycles. The van der Waals surface area contributed by atoms with E-state index in [9.17, 15) is 17.6 Å². The van der Waals surface area contributed by atoms with Crippen molar-refractivity contribution in [3.8, 4) is 5.75 Å². The normalized spacial score (nSPS) is 12.4. The van der Waals surface area contributed by atoms with E-state index in [2.05, 4.69) is 14.5 Å². The first-order valence-corrected chi connectivity index (χ1v) is 11.9. The molecule has 0 saturated heterocycles. The van der Waals surface area contributed by atoms with Crippen LogP contribution >= 0.6 is 11.3 Å². The van der Waals surface area contributed by atoms with Gasteiger partial charge >= 0.3 is 10.3 Å². The minimum absolute atomic E-state index is 0.0431. The molecule has 0 radical (unpaired) electrons. The number of hydrogen-bond acceptors (Lipinski definition) is 6. The van der Waals surface area contributed by atoms with Gasteiger partial charge in [-0.2, -0.15) is 13.6 Å². The predicted molar refractivity (Wildman–Crippen MR) is 116 cm³/mol. The Labute approximate surface area is 184 Å². The molecule has 0 aliphatic rings. The molecule has 1 heterocycles. The fraction of sp³-hybridized carbons (Fsp3) is 0.238. The Morgan fingerprint density at radius 1 is 1.23 bits per heavy atom. The molecule has 10 heteroatoms. The molecule has 3 rings (SSSR count). The van der Waals surface area contributed by atoms with E-state index in [1.165, 1.54) is 35.6 Å². The summed E-state index contributed by atoms with van der Waals surface area (Å²) < 4.78 is 40.2. The van der Waals surface area contributed by atoms with E-state index in [-0.39, 0.29) is 18.1 Å². The second kappa shape index (κ2) is 9.99. The van der Waals surface area contributed by atoms with Gasteiger partial charge in [-0.1, -0.05) is 31.2 Å². The van der Waals surface area contributed by atoms with Crippen LogP contribution in [0.4, 0.5) is 4.39 Å². The summed E-state index contributed by atoms with van der Waals surface area (Å²) in [6.45, 7) is 2.00. The summed E-state index contributed by atoms with van der Waals surface area (Å²) in [5.41, 5.74) is 2.35. The molecule has 0 saturated carbocycles. The van der Waals surface area contributed by atoms with Crippen LogP contribution < -0.4 is 14.6 Å². The van der Waals surface area contributed by atoms with Gasteiger partial charge in [0.25, 0.3) is 0 Å². The maximum atomic E-state index is 13.4. The maximum Gasteiger partial charge on any atom is 0.380 e. The van der Waals surface area contributed by atoms with Crippen LogP contribution in [0.1, 0.15) is 34.8 Å². The first-order chi connectivity index (χ1) is 14.7. The highest BCUT2D eigenvalue weighted by atomic mass is 32.2. The molecule has 31 heavy (non-hydrogen) atoms. The number of aryl methyl sites for hydroxylation is 1. The lowest BCUT2D eigenvalue weighted by Crippen LogP contribution is -2.31. The fourth-order valence-electron chi connectivity index (χ4n) is 2.97. The molecular weight excluding hydrogens is 441 g/mol. The Hall–Kier alpha value is -2.82. The molecule has 1 atom stereocenters. The number of aromatic nitrogens is 1. The van der Waals surface area contributed by atoms with Gasteiger partial charge in [0.15, 0.2) is 0 Å². The standard InChI is InChI=1S/C21H22FN3O4S2/c1-2-17-13-30-21(24-17)19(25-20(26)12-15-4-3-5-16(22)10-15)11-14-6-8-18(9-7-14)29-31(23,27)28/h3-10,13,19H,2,11-12H2,1H3,(H,25,26)(H2,23,27,28). The lowest BCUT2D eigenvalue weighted by Gasteiger charge is -2.17. The number of benzene rings is 2. The second-order valence-corrected chi connectivity index (χ2v) is 8.92. The highest BCUT2D eigenvalue weighted by molar-refractivity contribution is 7.84. The monoisotopic (exact) mass is 463 g/mol. The molecule has 0 spiro atoms. The first-order valence-electron chi connectivity index (χ1n) is 9.51. The molecule has 3 N–H and O–H groups in total. The van der Waals surface area contributed by atoms with Crippen LogP contribution in [-0.2, 0) is 34.4 Å². The van der Waals surface area contributed by atoms with E-state index in [1.54, 1.807) is 24.3 Å². The summed E-state index contributed by atoms with van der Waals surface area (Å²) in [4.78, 5) is 17.2. The average Bonchev–Trinajstić information content (AvgIpc) is 3.17. The van der Waals surface area contributed by atoms with Crippen molar-refractivity contribution in [2.24, 2.45) is 5.14 Å². The number of rotatable bonds is 9. The van der Waals surface area contributed by atoms with E-state index in [0.29, 0.717) is 12.0 Å². The third kappa shape index (κ3) is 7.12. The Balaban J connectivity index is 1.75. The smallest absolute Gasteiger partial charge is 0.371 e. The summed E-state index contributed by atoms with van der Waals surface area (Å²) in [6.07, 6.45) is 1.25. The largest absolute Gasteiger partial charge is 0.380 e. The van der Waals surface area contributed by atoms with E-state index >= 15 is 0 Å². The number of carbonyl (C=O) groups excluding carboxylic acids is 1. The minimum Gasteiger partial charge on any atom is -0.371 e. The molecule has 2 aromatic carbocycles. The number of nitrogens with zero attached hydrogens (tertiary/aromatic N) is 1. The van der Waals surface area contributed by atoms with Gasteiger partial charge in [-0.05, 0) is 48.2 Å². The van der Waals surface area contributed by atoms with Crippen molar-refractivity contribution in [2.45, 2.75) is 32.2 Å². The topological polar surface area (TPSA) is 111 Å². The van der Waals surface area contributed by atoms with Gasteiger partial charge in [-0.25, -0.2) is 9.37 Å². The van der Waals surface area contributed by atoms with Crippen molar-refractivity contribution in [3.05, 3.63) is 81.6 Å². The Morgan fingerprint density at radius 3 is 2.58 bits per heavy atom. The van der Waals surface area contributed by atoms with Crippen molar-refractivity contribution in [1.82, 2.24) is 10.3 Å². The molecule has 3 aromatic rings. The van der Waals surface area contributed by atoms with Crippen LogP contribution in [0.3, 0.4) is 0 Å². The number of hydrogen-bond donors (Lipinski definition) is 2.